The summed E-state index contributed by atoms with van der Waals surface area (Å²) in [4.78, 5) is 16.7. The number of imidazole rings is 1. The Bertz CT molecular complexity index is 642. The van der Waals surface area contributed by atoms with Gasteiger partial charge in [-0.15, -0.1) is 0 Å². The molecule has 0 aliphatic carbocycles. The van der Waals surface area contributed by atoms with E-state index in [1.54, 1.807) is 13.3 Å². The Morgan fingerprint density at radius 2 is 2.14 bits per heavy atom. The molecule has 22 heavy (non-hydrogen) atoms. The molecule has 0 saturated carbocycles. The molecule has 1 aromatic heterocycles. The molecule has 0 spiro atoms. The summed E-state index contributed by atoms with van der Waals surface area (Å²) in [5, 5.41) is 2.95. The molecule has 6 heteroatoms. The lowest BCUT2D eigenvalue weighted by molar-refractivity contribution is -0.120. The summed E-state index contributed by atoms with van der Waals surface area (Å²) in [5.74, 6) is 1.48. The number of amides is 1. The number of rotatable bonds is 6. The number of hydrogen-bond acceptors (Lipinski definition) is 4. The highest BCUT2D eigenvalue weighted by atomic mass is 32.2. The maximum Gasteiger partial charge on any atom is 0.233 e. The first-order valence-electron chi connectivity index (χ1n) is 7.01. The van der Waals surface area contributed by atoms with E-state index in [-0.39, 0.29) is 17.2 Å². The molecule has 2 rings (SSSR count). The lowest BCUT2D eigenvalue weighted by Gasteiger charge is -2.22. The van der Waals surface area contributed by atoms with E-state index in [9.17, 15) is 4.79 Å². The number of nitrogens with one attached hydrogen (secondary N) is 1. The zero-order valence-corrected chi connectivity index (χ0v) is 14.1. The monoisotopic (exact) mass is 319 g/mol. The third-order valence-corrected chi connectivity index (χ3v) is 4.50. The minimum atomic E-state index is -0.349. The molecule has 0 radical (unpaired) electrons. The second-order valence-electron chi connectivity index (χ2n) is 4.96. The van der Waals surface area contributed by atoms with Crippen molar-refractivity contribution in [1.29, 1.82) is 0 Å². The number of carbonyl (C=O) groups is 1. The molecule has 1 amide bonds. The lowest BCUT2D eigenvalue weighted by Crippen LogP contribution is -2.36. The van der Waals surface area contributed by atoms with Crippen LogP contribution in [0.2, 0.25) is 0 Å². The Morgan fingerprint density at radius 3 is 2.73 bits per heavy atom. The van der Waals surface area contributed by atoms with Crippen LogP contribution in [0.25, 0.3) is 0 Å². The number of aryl methyl sites for hydroxylation is 1. The van der Waals surface area contributed by atoms with Gasteiger partial charge in [0.1, 0.15) is 17.6 Å². The lowest BCUT2D eigenvalue weighted by atomic mass is 10.0. The summed E-state index contributed by atoms with van der Waals surface area (Å²) < 4.78 is 7.34. The standard InChI is InChI=1S/C16H21N3O2S/c1-11(22-4)16(20)18-14(15-17-9-10-19(15)2)12-7-5-6-8-13(12)21-3/h5-11,14H,1-4H3,(H,18,20). The normalized spacial score (nSPS) is 13.5. The second kappa shape index (κ2) is 7.35. The van der Waals surface area contributed by atoms with Gasteiger partial charge < -0.3 is 14.6 Å². The van der Waals surface area contributed by atoms with Crippen LogP contribution < -0.4 is 10.1 Å². The predicted molar refractivity (Wildman–Crippen MR) is 89.2 cm³/mol. The van der Waals surface area contributed by atoms with Crippen molar-refractivity contribution in [1.82, 2.24) is 14.9 Å². The summed E-state index contributed by atoms with van der Waals surface area (Å²) >= 11 is 1.51. The van der Waals surface area contributed by atoms with Crippen LogP contribution in [0.4, 0.5) is 0 Å². The summed E-state index contributed by atoms with van der Waals surface area (Å²) in [6.07, 6.45) is 5.51. The van der Waals surface area contributed by atoms with Crippen LogP contribution in [0.1, 0.15) is 24.4 Å². The number of benzene rings is 1. The molecule has 2 atom stereocenters. The van der Waals surface area contributed by atoms with Crippen molar-refractivity contribution in [2.75, 3.05) is 13.4 Å². The van der Waals surface area contributed by atoms with Gasteiger partial charge in [0.05, 0.1) is 12.4 Å². The largest absolute Gasteiger partial charge is 0.496 e. The Morgan fingerprint density at radius 1 is 1.41 bits per heavy atom. The minimum Gasteiger partial charge on any atom is -0.496 e. The van der Waals surface area contributed by atoms with Crippen molar-refractivity contribution in [2.24, 2.45) is 7.05 Å². The van der Waals surface area contributed by atoms with Crippen molar-refractivity contribution >= 4 is 17.7 Å². The van der Waals surface area contributed by atoms with Crippen LogP contribution in [0.5, 0.6) is 5.75 Å². The zero-order valence-electron chi connectivity index (χ0n) is 13.2. The van der Waals surface area contributed by atoms with Gasteiger partial charge in [0.25, 0.3) is 0 Å². The van der Waals surface area contributed by atoms with Gasteiger partial charge in [-0.25, -0.2) is 4.98 Å². The van der Waals surface area contributed by atoms with Gasteiger partial charge in [0.2, 0.25) is 5.91 Å². The maximum absolute atomic E-state index is 12.4. The Labute approximate surface area is 135 Å². The van der Waals surface area contributed by atoms with Crippen LogP contribution in [-0.4, -0.2) is 34.1 Å². The second-order valence-corrected chi connectivity index (χ2v) is 6.14. The van der Waals surface area contributed by atoms with E-state index in [4.69, 9.17) is 4.74 Å². The quantitative estimate of drug-likeness (QED) is 0.888. The van der Waals surface area contributed by atoms with E-state index >= 15 is 0 Å². The first-order chi connectivity index (χ1) is 10.6. The molecule has 1 aromatic carbocycles. The van der Waals surface area contributed by atoms with E-state index in [0.29, 0.717) is 0 Å². The van der Waals surface area contributed by atoms with Crippen LogP contribution in [0, 0.1) is 0 Å². The van der Waals surface area contributed by atoms with Gasteiger partial charge in [-0.3, -0.25) is 4.79 Å². The predicted octanol–water partition coefficient (Wildman–Crippen LogP) is 2.39. The summed E-state index contributed by atoms with van der Waals surface area (Å²) in [6, 6.07) is 7.32. The molecule has 118 valence electrons. The van der Waals surface area contributed by atoms with Crippen molar-refractivity contribution < 1.29 is 9.53 Å². The summed E-state index contributed by atoms with van der Waals surface area (Å²) in [6.45, 7) is 1.89. The average molecular weight is 319 g/mol. The first-order valence-corrected chi connectivity index (χ1v) is 8.30. The zero-order chi connectivity index (χ0) is 16.1. The highest BCUT2D eigenvalue weighted by Crippen LogP contribution is 2.29. The van der Waals surface area contributed by atoms with Crippen molar-refractivity contribution in [2.45, 2.75) is 18.2 Å². The molecule has 0 fully saturated rings. The fraction of sp³-hybridized carbons (Fsp3) is 0.375. The smallest absolute Gasteiger partial charge is 0.233 e. The van der Waals surface area contributed by atoms with Gasteiger partial charge in [-0.2, -0.15) is 11.8 Å². The number of thioether (sulfide) groups is 1. The number of carbonyl (C=O) groups excluding carboxylic acids is 1. The topological polar surface area (TPSA) is 56.1 Å². The molecule has 0 bridgehead atoms. The van der Waals surface area contributed by atoms with Crippen molar-refractivity contribution in [3.63, 3.8) is 0 Å². The maximum atomic E-state index is 12.4. The number of aromatic nitrogens is 2. The number of nitrogens with zero attached hydrogens (tertiary/aromatic N) is 2. The Balaban J connectivity index is 2.42. The Hall–Kier alpha value is -1.95. The van der Waals surface area contributed by atoms with Gasteiger partial charge >= 0.3 is 0 Å². The van der Waals surface area contributed by atoms with Gasteiger partial charge in [-0.05, 0) is 19.2 Å². The van der Waals surface area contributed by atoms with Crippen LogP contribution in [-0.2, 0) is 11.8 Å². The molecule has 0 saturated heterocycles. The number of ether oxygens (including phenoxy) is 1. The summed E-state index contributed by atoms with van der Waals surface area (Å²) in [7, 11) is 3.54. The fourth-order valence-corrected chi connectivity index (χ4v) is 2.49. The number of methoxy groups -OCH3 is 1. The van der Waals surface area contributed by atoms with Crippen LogP contribution in [0.3, 0.4) is 0 Å². The fourth-order valence-electron chi connectivity index (χ4n) is 2.21. The first kappa shape index (κ1) is 16.4. The molecule has 1 N–H and O–H groups in total. The molecule has 1 heterocycles. The highest BCUT2D eigenvalue weighted by molar-refractivity contribution is 7.99. The highest BCUT2D eigenvalue weighted by Gasteiger charge is 2.25. The van der Waals surface area contributed by atoms with Gasteiger partial charge in [-0.1, -0.05) is 18.2 Å². The molecule has 0 aliphatic heterocycles. The third kappa shape index (κ3) is 3.44. The SMILES string of the molecule is COc1ccccc1C(NC(=O)C(C)SC)c1nccn1C. The minimum absolute atomic E-state index is 0.0218. The van der Waals surface area contributed by atoms with E-state index in [2.05, 4.69) is 10.3 Å². The molecule has 2 aromatic rings. The molecular weight excluding hydrogens is 298 g/mol. The van der Waals surface area contributed by atoms with E-state index < -0.39 is 0 Å². The molecular formula is C16H21N3O2S. The van der Waals surface area contributed by atoms with Gasteiger partial charge in [0, 0.05) is 25.0 Å². The third-order valence-electron chi connectivity index (χ3n) is 3.58. The summed E-state index contributed by atoms with van der Waals surface area (Å²) in [5.41, 5.74) is 0.890. The average Bonchev–Trinajstić information content (AvgIpc) is 2.97. The molecule has 5 nitrogen and oxygen atoms in total. The van der Waals surface area contributed by atoms with Crippen molar-refractivity contribution in [3.8, 4) is 5.75 Å². The van der Waals surface area contributed by atoms with Crippen molar-refractivity contribution in [3.05, 3.63) is 48.0 Å². The number of hydrogen-bond donors (Lipinski definition) is 1. The number of para-hydroxylation sites is 1. The van der Waals surface area contributed by atoms with E-state index in [1.165, 1.54) is 11.8 Å². The van der Waals surface area contributed by atoms with E-state index in [1.807, 2.05) is 55.3 Å². The van der Waals surface area contributed by atoms with Crippen LogP contribution in [0.15, 0.2) is 36.7 Å². The van der Waals surface area contributed by atoms with E-state index in [0.717, 1.165) is 17.1 Å². The van der Waals surface area contributed by atoms with Crippen LogP contribution >= 0.6 is 11.8 Å². The van der Waals surface area contributed by atoms with Gasteiger partial charge in [0.15, 0.2) is 0 Å². The molecule has 2 unspecified atom stereocenters. The Kier molecular flexibility index (Phi) is 5.49. The molecule has 0 aliphatic rings.